The van der Waals surface area contributed by atoms with Crippen molar-refractivity contribution in [2.45, 2.75) is 59.7 Å². The molecular formula is C19H26N4O4. The van der Waals surface area contributed by atoms with E-state index in [0.29, 0.717) is 11.4 Å². The van der Waals surface area contributed by atoms with E-state index >= 15 is 0 Å². The molecule has 0 aliphatic rings. The second-order valence-electron chi connectivity index (χ2n) is 8.05. The van der Waals surface area contributed by atoms with Gasteiger partial charge in [0.1, 0.15) is 16.9 Å². The van der Waals surface area contributed by atoms with Crippen LogP contribution < -0.4 is 4.90 Å². The summed E-state index contributed by atoms with van der Waals surface area (Å²) in [5.74, 6) is 0. The normalized spacial score (nSPS) is 11.8. The molecule has 0 aliphatic carbocycles. The smallest absolute Gasteiger partial charge is 0.424 e. The molecule has 0 aromatic carbocycles. The molecular weight excluding hydrogens is 348 g/mol. The predicted molar refractivity (Wildman–Crippen MR) is 101 cm³/mol. The number of ether oxygens (including phenoxy) is 2. The monoisotopic (exact) mass is 374 g/mol. The first-order valence-corrected chi connectivity index (χ1v) is 8.60. The van der Waals surface area contributed by atoms with E-state index in [-0.39, 0.29) is 5.69 Å². The van der Waals surface area contributed by atoms with Gasteiger partial charge >= 0.3 is 12.2 Å². The van der Waals surface area contributed by atoms with Gasteiger partial charge in [-0.25, -0.2) is 14.3 Å². The molecule has 0 spiro atoms. The summed E-state index contributed by atoms with van der Waals surface area (Å²) in [5.41, 5.74) is -0.104. The Morgan fingerprint density at radius 3 is 2.04 bits per heavy atom. The van der Waals surface area contributed by atoms with Crippen LogP contribution in [0.4, 0.5) is 15.3 Å². The van der Waals surface area contributed by atoms with Gasteiger partial charge in [-0.1, -0.05) is 0 Å². The summed E-state index contributed by atoms with van der Waals surface area (Å²) in [6, 6.07) is 3.58. The lowest BCUT2D eigenvalue weighted by molar-refractivity contribution is 0.0430. The van der Waals surface area contributed by atoms with E-state index in [4.69, 9.17) is 9.47 Å². The Labute approximate surface area is 159 Å². The predicted octanol–water partition coefficient (Wildman–Crippen LogP) is 4.25. The van der Waals surface area contributed by atoms with Gasteiger partial charge < -0.3 is 9.47 Å². The fourth-order valence-corrected chi connectivity index (χ4v) is 2.18. The van der Waals surface area contributed by atoms with Crippen molar-refractivity contribution >= 4 is 17.9 Å². The minimum Gasteiger partial charge on any atom is -0.443 e. The van der Waals surface area contributed by atoms with Crippen molar-refractivity contribution in [2.75, 3.05) is 4.90 Å². The number of hydrogen-bond acceptors (Lipinski definition) is 6. The number of anilines is 1. The number of amides is 2. The molecule has 0 unspecified atom stereocenters. The highest BCUT2D eigenvalue weighted by atomic mass is 16.6. The van der Waals surface area contributed by atoms with Crippen LogP contribution in [0, 0.1) is 6.92 Å². The minimum absolute atomic E-state index is 0.280. The van der Waals surface area contributed by atoms with Gasteiger partial charge in [0.25, 0.3) is 0 Å². The van der Waals surface area contributed by atoms with Gasteiger partial charge in [0.05, 0.1) is 23.8 Å². The maximum absolute atomic E-state index is 12.7. The lowest BCUT2D eigenvalue weighted by atomic mass is 10.2. The Morgan fingerprint density at radius 2 is 1.59 bits per heavy atom. The Bertz CT molecular complexity index is 788. The van der Waals surface area contributed by atoms with Crippen molar-refractivity contribution in [3.05, 3.63) is 36.4 Å². The van der Waals surface area contributed by atoms with Crippen molar-refractivity contribution in [2.24, 2.45) is 0 Å². The summed E-state index contributed by atoms with van der Waals surface area (Å²) in [5, 5.41) is 4.38. The molecule has 146 valence electrons. The Hall–Kier alpha value is -2.90. The van der Waals surface area contributed by atoms with Crippen LogP contribution in [0.25, 0.3) is 5.69 Å². The topological polar surface area (TPSA) is 86.5 Å². The number of pyridine rings is 1. The van der Waals surface area contributed by atoms with E-state index in [1.807, 2.05) is 6.07 Å². The van der Waals surface area contributed by atoms with Crippen molar-refractivity contribution in [1.29, 1.82) is 0 Å². The molecule has 27 heavy (non-hydrogen) atoms. The minimum atomic E-state index is -0.828. The van der Waals surface area contributed by atoms with Crippen LogP contribution in [0.3, 0.4) is 0 Å². The standard InChI is InChI=1S/C19H26N4O4/c1-13-15(12-22(21-13)14-9-8-10-20-11-14)23(16(24)26-18(2,3)4)17(25)27-19(5,6)7/h8-12H,1-7H3. The summed E-state index contributed by atoms with van der Waals surface area (Å²) < 4.78 is 12.3. The molecule has 2 heterocycles. The van der Waals surface area contributed by atoms with Crippen LogP contribution in [-0.2, 0) is 9.47 Å². The first kappa shape index (κ1) is 20.4. The molecule has 0 radical (unpaired) electrons. The largest absolute Gasteiger partial charge is 0.443 e. The van der Waals surface area contributed by atoms with Gasteiger partial charge in [-0.15, -0.1) is 0 Å². The highest BCUT2D eigenvalue weighted by molar-refractivity contribution is 6.09. The molecule has 0 saturated carbocycles. The van der Waals surface area contributed by atoms with E-state index < -0.39 is 23.4 Å². The Morgan fingerprint density at radius 1 is 1.04 bits per heavy atom. The molecule has 2 amide bonds. The average Bonchev–Trinajstić information content (AvgIpc) is 2.86. The van der Waals surface area contributed by atoms with E-state index in [0.717, 1.165) is 4.90 Å². The van der Waals surface area contributed by atoms with Gasteiger partial charge in [-0.2, -0.15) is 10.00 Å². The SMILES string of the molecule is Cc1nn(-c2cccnc2)cc1N(C(=O)OC(C)(C)C)C(=O)OC(C)(C)C. The number of aryl methyl sites for hydroxylation is 1. The van der Waals surface area contributed by atoms with Gasteiger partial charge in [0.15, 0.2) is 0 Å². The number of nitrogens with zero attached hydrogens (tertiary/aromatic N) is 4. The maximum atomic E-state index is 12.7. The van der Waals surface area contributed by atoms with Gasteiger partial charge in [0, 0.05) is 6.20 Å². The van der Waals surface area contributed by atoms with Crippen molar-refractivity contribution in [3.8, 4) is 5.69 Å². The fraction of sp³-hybridized carbons (Fsp3) is 0.474. The van der Waals surface area contributed by atoms with Gasteiger partial charge in [0.2, 0.25) is 0 Å². The molecule has 2 aromatic rings. The molecule has 2 rings (SSSR count). The zero-order chi connectivity index (χ0) is 20.4. The molecule has 0 N–H and O–H groups in total. The molecule has 0 saturated heterocycles. The molecule has 0 bridgehead atoms. The van der Waals surface area contributed by atoms with Crippen LogP contribution in [0.1, 0.15) is 47.2 Å². The van der Waals surface area contributed by atoms with Crippen LogP contribution in [-0.4, -0.2) is 38.2 Å². The Balaban J connectivity index is 2.45. The zero-order valence-corrected chi connectivity index (χ0v) is 16.8. The second-order valence-corrected chi connectivity index (χ2v) is 8.05. The Kier molecular flexibility index (Phi) is 5.58. The fourth-order valence-electron chi connectivity index (χ4n) is 2.18. The maximum Gasteiger partial charge on any atom is 0.424 e. The molecule has 0 aliphatic heterocycles. The summed E-state index contributed by atoms with van der Waals surface area (Å²) in [7, 11) is 0. The number of imide groups is 1. The van der Waals surface area contributed by atoms with Crippen LogP contribution in [0.5, 0.6) is 0 Å². The zero-order valence-electron chi connectivity index (χ0n) is 16.8. The highest BCUT2D eigenvalue weighted by Crippen LogP contribution is 2.25. The number of carbonyl (C=O) groups is 2. The van der Waals surface area contributed by atoms with Gasteiger partial charge in [-0.3, -0.25) is 4.98 Å². The summed E-state index contributed by atoms with van der Waals surface area (Å²) in [4.78, 5) is 30.4. The summed E-state index contributed by atoms with van der Waals surface area (Å²) in [6.07, 6.45) is 3.19. The third-order valence-electron chi connectivity index (χ3n) is 3.18. The first-order valence-electron chi connectivity index (χ1n) is 8.60. The van der Waals surface area contributed by atoms with E-state index in [1.54, 1.807) is 77.8 Å². The molecule has 2 aromatic heterocycles. The number of hydrogen-bond donors (Lipinski definition) is 0. The third-order valence-corrected chi connectivity index (χ3v) is 3.18. The van der Waals surface area contributed by atoms with E-state index in [2.05, 4.69) is 10.1 Å². The number of rotatable bonds is 2. The third kappa shape index (κ3) is 5.54. The van der Waals surface area contributed by atoms with Crippen LogP contribution >= 0.6 is 0 Å². The first-order chi connectivity index (χ1) is 12.4. The van der Waals surface area contributed by atoms with E-state index in [1.165, 1.54) is 0 Å². The molecule has 0 atom stereocenters. The van der Waals surface area contributed by atoms with Gasteiger partial charge in [-0.05, 0) is 60.6 Å². The second kappa shape index (κ2) is 7.38. The van der Waals surface area contributed by atoms with Crippen molar-refractivity contribution < 1.29 is 19.1 Å². The van der Waals surface area contributed by atoms with Crippen molar-refractivity contribution in [1.82, 2.24) is 14.8 Å². The van der Waals surface area contributed by atoms with Crippen LogP contribution in [0.2, 0.25) is 0 Å². The number of aromatic nitrogens is 3. The average molecular weight is 374 g/mol. The quantitative estimate of drug-likeness (QED) is 0.781. The summed E-state index contributed by atoms with van der Waals surface area (Å²) in [6.45, 7) is 12.1. The summed E-state index contributed by atoms with van der Waals surface area (Å²) >= 11 is 0. The molecule has 0 fully saturated rings. The molecule has 8 nitrogen and oxygen atoms in total. The molecule has 8 heteroatoms. The van der Waals surface area contributed by atoms with E-state index in [9.17, 15) is 9.59 Å². The highest BCUT2D eigenvalue weighted by Gasteiger charge is 2.34. The lowest BCUT2D eigenvalue weighted by Crippen LogP contribution is -2.44. The van der Waals surface area contributed by atoms with Crippen molar-refractivity contribution in [3.63, 3.8) is 0 Å². The number of carbonyl (C=O) groups excluding carboxylic acids is 2. The lowest BCUT2D eigenvalue weighted by Gasteiger charge is -2.28. The van der Waals surface area contributed by atoms with Crippen LogP contribution in [0.15, 0.2) is 30.7 Å².